The maximum Gasteiger partial charge on any atom is 0.133 e. The second kappa shape index (κ2) is 7.18. The molecule has 0 amide bonds. The molecule has 0 radical (unpaired) electrons. The standard InChI is InChI=1S/C14H21NO/c1-12(2)11-14-5-3-13(4-6-14)7-8-15-9-10-16/h3-6,10,12,15H,7-9,11H2,1-2H3. The summed E-state index contributed by atoms with van der Waals surface area (Å²) in [5.74, 6) is 0.708. The second-order valence-corrected chi connectivity index (χ2v) is 4.54. The van der Waals surface area contributed by atoms with Gasteiger partial charge in [-0.3, -0.25) is 0 Å². The average Bonchev–Trinajstić information content (AvgIpc) is 2.26. The predicted octanol–water partition coefficient (Wildman–Crippen LogP) is 2.22. The van der Waals surface area contributed by atoms with Crippen molar-refractivity contribution in [3.05, 3.63) is 35.4 Å². The van der Waals surface area contributed by atoms with E-state index in [9.17, 15) is 4.79 Å². The second-order valence-electron chi connectivity index (χ2n) is 4.54. The summed E-state index contributed by atoms with van der Waals surface area (Å²) in [4.78, 5) is 10.1. The van der Waals surface area contributed by atoms with Crippen LogP contribution in [0.15, 0.2) is 24.3 Å². The van der Waals surface area contributed by atoms with Gasteiger partial charge < -0.3 is 10.1 Å². The summed E-state index contributed by atoms with van der Waals surface area (Å²) in [7, 11) is 0. The van der Waals surface area contributed by atoms with E-state index in [1.807, 2.05) is 0 Å². The van der Waals surface area contributed by atoms with Crippen LogP contribution in [0.4, 0.5) is 0 Å². The Labute approximate surface area is 98.1 Å². The third-order valence-electron chi connectivity index (χ3n) is 2.49. The van der Waals surface area contributed by atoms with Crippen molar-refractivity contribution in [1.82, 2.24) is 5.32 Å². The van der Waals surface area contributed by atoms with Crippen LogP contribution in [-0.2, 0) is 17.6 Å². The molecule has 2 heteroatoms. The first kappa shape index (κ1) is 12.9. The van der Waals surface area contributed by atoms with Crippen LogP contribution in [-0.4, -0.2) is 19.4 Å². The summed E-state index contributed by atoms with van der Waals surface area (Å²) < 4.78 is 0. The lowest BCUT2D eigenvalue weighted by Gasteiger charge is -2.06. The molecule has 1 aromatic carbocycles. The number of carbonyl (C=O) groups excluding carboxylic acids is 1. The van der Waals surface area contributed by atoms with E-state index in [0.717, 1.165) is 25.7 Å². The fourth-order valence-electron chi connectivity index (χ4n) is 1.71. The Morgan fingerprint density at radius 3 is 2.38 bits per heavy atom. The maximum absolute atomic E-state index is 10.1. The molecule has 0 unspecified atom stereocenters. The molecule has 88 valence electrons. The Balaban J connectivity index is 2.36. The molecule has 1 N–H and O–H groups in total. The average molecular weight is 219 g/mol. The van der Waals surface area contributed by atoms with Crippen LogP contribution in [0.2, 0.25) is 0 Å². The van der Waals surface area contributed by atoms with Gasteiger partial charge in [-0.1, -0.05) is 38.1 Å². The van der Waals surface area contributed by atoms with Crippen LogP contribution in [0.3, 0.4) is 0 Å². The molecule has 0 fully saturated rings. The summed E-state index contributed by atoms with van der Waals surface area (Å²) in [5, 5.41) is 3.06. The van der Waals surface area contributed by atoms with E-state index in [0.29, 0.717) is 12.5 Å². The van der Waals surface area contributed by atoms with Crippen molar-refractivity contribution in [2.24, 2.45) is 5.92 Å². The highest BCUT2D eigenvalue weighted by Crippen LogP contribution is 2.09. The van der Waals surface area contributed by atoms with Gasteiger partial charge in [0.25, 0.3) is 0 Å². The van der Waals surface area contributed by atoms with Gasteiger partial charge in [0.05, 0.1) is 6.54 Å². The smallest absolute Gasteiger partial charge is 0.133 e. The predicted molar refractivity (Wildman–Crippen MR) is 67.6 cm³/mol. The fraction of sp³-hybridized carbons (Fsp3) is 0.500. The third-order valence-corrected chi connectivity index (χ3v) is 2.49. The highest BCUT2D eigenvalue weighted by molar-refractivity contribution is 5.51. The van der Waals surface area contributed by atoms with Crippen LogP contribution in [0, 0.1) is 5.92 Å². The summed E-state index contributed by atoms with van der Waals surface area (Å²) in [6.45, 7) is 5.78. The lowest BCUT2D eigenvalue weighted by Crippen LogP contribution is -2.19. The van der Waals surface area contributed by atoms with Gasteiger partial charge in [0.2, 0.25) is 0 Å². The molecule has 1 aromatic rings. The van der Waals surface area contributed by atoms with Crippen molar-refractivity contribution >= 4 is 6.29 Å². The molecular weight excluding hydrogens is 198 g/mol. The molecule has 0 heterocycles. The normalized spacial score (nSPS) is 10.7. The first-order valence-electron chi connectivity index (χ1n) is 5.94. The van der Waals surface area contributed by atoms with E-state index in [4.69, 9.17) is 0 Å². The van der Waals surface area contributed by atoms with Gasteiger partial charge in [0.15, 0.2) is 0 Å². The van der Waals surface area contributed by atoms with Crippen molar-refractivity contribution < 1.29 is 4.79 Å². The Bertz CT molecular complexity index is 303. The van der Waals surface area contributed by atoms with Crippen LogP contribution in [0.25, 0.3) is 0 Å². The molecular formula is C14H21NO. The van der Waals surface area contributed by atoms with E-state index >= 15 is 0 Å². The lowest BCUT2D eigenvalue weighted by molar-refractivity contribution is -0.107. The number of hydrogen-bond donors (Lipinski definition) is 1. The zero-order valence-electron chi connectivity index (χ0n) is 10.2. The number of rotatable bonds is 7. The Kier molecular flexibility index (Phi) is 5.79. The van der Waals surface area contributed by atoms with Crippen LogP contribution < -0.4 is 5.32 Å². The van der Waals surface area contributed by atoms with Crippen molar-refractivity contribution in [3.63, 3.8) is 0 Å². The van der Waals surface area contributed by atoms with Gasteiger partial charge in [-0.05, 0) is 36.4 Å². The SMILES string of the molecule is CC(C)Cc1ccc(CCNCC=O)cc1. The summed E-state index contributed by atoms with van der Waals surface area (Å²) in [6.07, 6.45) is 3.02. The van der Waals surface area contributed by atoms with E-state index in [1.54, 1.807) is 0 Å². The number of carbonyl (C=O) groups is 1. The van der Waals surface area contributed by atoms with E-state index in [2.05, 4.69) is 43.4 Å². The van der Waals surface area contributed by atoms with Crippen LogP contribution >= 0.6 is 0 Å². The zero-order valence-corrected chi connectivity index (χ0v) is 10.2. The first-order valence-corrected chi connectivity index (χ1v) is 5.94. The molecule has 0 aromatic heterocycles. The number of benzene rings is 1. The van der Waals surface area contributed by atoms with Gasteiger partial charge in [-0.2, -0.15) is 0 Å². The maximum atomic E-state index is 10.1. The summed E-state index contributed by atoms with van der Waals surface area (Å²) in [6, 6.07) is 8.77. The molecule has 0 bridgehead atoms. The minimum absolute atomic E-state index is 0.450. The first-order chi connectivity index (χ1) is 7.72. The van der Waals surface area contributed by atoms with Crippen molar-refractivity contribution in [3.8, 4) is 0 Å². The highest BCUT2D eigenvalue weighted by Gasteiger charge is 1.98. The molecule has 0 saturated carbocycles. The minimum Gasteiger partial charge on any atom is -0.310 e. The Morgan fingerprint density at radius 2 is 1.81 bits per heavy atom. The van der Waals surface area contributed by atoms with Gasteiger partial charge in [0, 0.05) is 0 Å². The zero-order chi connectivity index (χ0) is 11.8. The van der Waals surface area contributed by atoms with Gasteiger partial charge >= 0.3 is 0 Å². The molecule has 0 aliphatic heterocycles. The Hall–Kier alpha value is -1.15. The number of nitrogens with one attached hydrogen (secondary N) is 1. The molecule has 0 spiro atoms. The Morgan fingerprint density at radius 1 is 1.19 bits per heavy atom. The van der Waals surface area contributed by atoms with E-state index < -0.39 is 0 Å². The van der Waals surface area contributed by atoms with Crippen LogP contribution in [0.1, 0.15) is 25.0 Å². The third kappa shape index (κ3) is 5.08. The van der Waals surface area contributed by atoms with Gasteiger partial charge in [-0.25, -0.2) is 0 Å². The molecule has 0 aliphatic rings. The summed E-state index contributed by atoms with van der Waals surface area (Å²) in [5.41, 5.74) is 2.73. The van der Waals surface area contributed by atoms with Crippen molar-refractivity contribution in [1.29, 1.82) is 0 Å². The van der Waals surface area contributed by atoms with E-state index in [-0.39, 0.29) is 0 Å². The molecule has 0 atom stereocenters. The largest absolute Gasteiger partial charge is 0.310 e. The number of hydrogen-bond acceptors (Lipinski definition) is 2. The molecule has 0 aliphatic carbocycles. The minimum atomic E-state index is 0.450. The highest BCUT2D eigenvalue weighted by atomic mass is 16.1. The fourth-order valence-corrected chi connectivity index (χ4v) is 1.71. The monoisotopic (exact) mass is 219 g/mol. The topological polar surface area (TPSA) is 29.1 Å². The molecule has 1 rings (SSSR count). The van der Waals surface area contributed by atoms with Crippen molar-refractivity contribution in [2.45, 2.75) is 26.7 Å². The van der Waals surface area contributed by atoms with Gasteiger partial charge in [-0.15, -0.1) is 0 Å². The number of aldehydes is 1. The van der Waals surface area contributed by atoms with Gasteiger partial charge in [0.1, 0.15) is 6.29 Å². The molecule has 16 heavy (non-hydrogen) atoms. The molecule has 2 nitrogen and oxygen atoms in total. The summed E-state index contributed by atoms with van der Waals surface area (Å²) >= 11 is 0. The van der Waals surface area contributed by atoms with Crippen molar-refractivity contribution in [2.75, 3.05) is 13.1 Å². The quantitative estimate of drug-likeness (QED) is 0.563. The van der Waals surface area contributed by atoms with E-state index in [1.165, 1.54) is 11.1 Å². The molecule has 0 saturated heterocycles. The lowest BCUT2D eigenvalue weighted by atomic mass is 10.0. The van der Waals surface area contributed by atoms with Crippen LogP contribution in [0.5, 0.6) is 0 Å².